The molecule has 140 valence electrons. The van der Waals surface area contributed by atoms with Gasteiger partial charge in [-0.05, 0) is 18.6 Å². The van der Waals surface area contributed by atoms with Crippen molar-refractivity contribution in [3.05, 3.63) is 58.0 Å². The highest BCUT2D eigenvalue weighted by Crippen LogP contribution is 2.27. The molecule has 1 saturated heterocycles. The van der Waals surface area contributed by atoms with Gasteiger partial charge in [0.2, 0.25) is 5.91 Å². The first-order valence-corrected chi connectivity index (χ1v) is 9.01. The summed E-state index contributed by atoms with van der Waals surface area (Å²) in [6.45, 7) is 3.67. The summed E-state index contributed by atoms with van der Waals surface area (Å²) in [4.78, 5) is 31.2. The average molecular weight is 366 g/mol. The first-order chi connectivity index (χ1) is 13.0. The lowest BCUT2D eigenvalue weighted by Crippen LogP contribution is -2.28. The van der Waals surface area contributed by atoms with Crippen LogP contribution in [0.5, 0.6) is 0 Å². The van der Waals surface area contributed by atoms with E-state index in [-0.39, 0.29) is 17.4 Å². The maximum atomic E-state index is 12.6. The topological polar surface area (TPSA) is 79.7 Å². The molecule has 1 aliphatic heterocycles. The molecule has 2 aromatic heterocycles. The van der Waals surface area contributed by atoms with Crippen LogP contribution >= 0.6 is 0 Å². The number of rotatable bonds is 5. The van der Waals surface area contributed by atoms with E-state index in [1.807, 2.05) is 31.2 Å². The molecule has 0 aliphatic carbocycles. The molecule has 0 spiro atoms. The number of aryl methyl sites for hydroxylation is 1. The van der Waals surface area contributed by atoms with Gasteiger partial charge >= 0.3 is 0 Å². The summed E-state index contributed by atoms with van der Waals surface area (Å²) in [7, 11) is 1.62. The minimum absolute atomic E-state index is 0.0654. The van der Waals surface area contributed by atoms with Crippen molar-refractivity contribution in [3.63, 3.8) is 0 Å². The van der Waals surface area contributed by atoms with E-state index in [0.29, 0.717) is 37.5 Å². The number of hydrogen-bond donors (Lipinski definition) is 1. The molecule has 0 radical (unpaired) electrons. The standard InChI is InChI=1S/C20H22N4O3/c1-13-4-3-5-14(8-13)17-10-18-21-16(11-20(26)24(18)22-17)15-9-19(25)23(12-15)6-7-27-2/h3-5,8,10-11,15,22H,6-7,9,12H2,1-2H3. The number of fused-ring (bicyclic) bond motifs is 1. The second-order valence-corrected chi connectivity index (χ2v) is 6.99. The molecule has 3 heterocycles. The molecule has 1 N–H and O–H groups in total. The lowest BCUT2D eigenvalue weighted by Gasteiger charge is -2.15. The van der Waals surface area contributed by atoms with Crippen LogP contribution in [-0.4, -0.2) is 52.2 Å². The van der Waals surface area contributed by atoms with Crippen LogP contribution in [0, 0.1) is 6.92 Å². The van der Waals surface area contributed by atoms with E-state index in [0.717, 1.165) is 16.8 Å². The fraction of sp³-hybridized carbons (Fsp3) is 0.350. The van der Waals surface area contributed by atoms with E-state index in [1.165, 1.54) is 10.6 Å². The van der Waals surface area contributed by atoms with E-state index >= 15 is 0 Å². The number of likely N-dealkylation sites (tertiary alicyclic amines) is 1. The van der Waals surface area contributed by atoms with Gasteiger partial charge in [0.1, 0.15) is 0 Å². The number of aromatic amines is 1. The molecule has 0 bridgehead atoms. The number of H-pyrrole nitrogens is 1. The third kappa shape index (κ3) is 3.38. The Kier molecular flexibility index (Phi) is 4.53. The Hall–Kier alpha value is -2.93. The molecule has 7 nitrogen and oxygen atoms in total. The predicted octanol–water partition coefficient (Wildman–Crippen LogP) is 1.96. The summed E-state index contributed by atoms with van der Waals surface area (Å²) in [5.74, 6) is 0.0120. The van der Waals surface area contributed by atoms with Gasteiger partial charge in [-0.2, -0.15) is 0 Å². The predicted molar refractivity (Wildman–Crippen MR) is 102 cm³/mol. The molecule has 1 atom stereocenters. The van der Waals surface area contributed by atoms with Crippen molar-refractivity contribution in [3.8, 4) is 11.3 Å². The van der Waals surface area contributed by atoms with Crippen molar-refractivity contribution in [2.24, 2.45) is 0 Å². The van der Waals surface area contributed by atoms with Crippen molar-refractivity contribution in [1.82, 2.24) is 19.5 Å². The summed E-state index contributed by atoms with van der Waals surface area (Å²) < 4.78 is 6.50. The van der Waals surface area contributed by atoms with Gasteiger partial charge in [-0.3, -0.25) is 14.7 Å². The van der Waals surface area contributed by atoms with Crippen LogP contribution in [0.3, 0.4) is 0 Å². The largest absolute Gasteiger partial charge is 0.383 e. The third-order valence-electron chi connectivity index (χ3n) is 5.00. The summed E-state index contributed by atoms with van der Waals surface area (Å²) >= 11 is 0. The van der Waals surface area contributed by atoms with Crippen LogP contribution in [0.25, 0.3) is 16.9 Å². The smallest absolute Gasteiger partial charge is 0.272 e. The molecule has 3 aromatic rings. The van der Waals surface area contributed by atoms with Gasteiger partial charge in [0.05, 0.1) is 18.0 Å². The quantitative estimate of drug-likeness (QED) is 0.749. The van der Waals surface area contributed by atoms with E-state index in [4.69, 9.17) is 4.74 Å². The Balaban J connectivity index is 1.66. The van der Waals surface area contributed by atoms with E-state index in [9.17, 15) is 9.59 Å². The number of aromatic nitrogens is 3. The number of nitrogens with zero attached hydrogens (tertiary/aromatic N) is 3. The van der Waals surface area contributed by atoms with Crippen molar-refractivity contribution >= 4 is 11.6 Å². The lowest BCUT2D eigenvalue weighted by atomic mass is 10.0. The van der Waals surface area contributed by atoms with Gasteiger partial charge in [-0.25, -0.2) is 9.50 Å². The van der Waals surface area contributed by atoms with Gasteiger partial charge in [0, 0.05) is 44.7 Å². The molecular weight excluding hydrogens is 344 g/mol. The van der Waals surface area contributed by atoms with Gasteiger partial charge in [0.25, 0.3) is 5.56 Å². The molecule has 0 saturated carbocycles. The summed E-state index contributed by atoms with van der Waals surface area (Å²) in [6, 6.07) is 11.5. The molecule has 1 amide bonds. The SMILES string of the molecule is COCCN1CC(c2cc(=O)n3[nH]c(-c4cccc(C)c4)cc3n2)CC1=O. The molecule has 1 fully saturated rings. The number of amides is 1. The maximum Gasteiger partial charge on any atom is 0.272 e. The van der Waals surface area contributed by atoms with Crippen molar-refractivity contribution < 1.29 is 9.53 Å². The minimum atomic E-state index is -0.170. The van der Waals surface area contributed by atoms with Gasteiger partial charge in [0.15, 0.2) is 5.65 Å². The monoisotopic (exact) mass is 366 g/mol. The van der Waals surface area contributed by atoms with E-state index in [1.54, 1.807) is 12.0 Å². The highest BCUT2D eigenvalue weighted by Gasteiger charge is 2.31. The highest BCUT2D eigenvalue weighted by molar-refractivity contribution is 5.79. The second-order valence-electron chi connectivity index (χ2n) is 6.99. The average Bonchev–Trinajstić information content (AvgIpc) is 3.24. The van der Waals surface area contributed by atoms with Crippen LogP contribution < -0.4 is 5.56 Å². The molecule has 4 rings (SSSR count). The van der Waals surface area contributed by atoms with Crippen molar-refractivity contribution in [2.75, 3.05) is 26.8 Å². The molecule has 7 heteroatoms. The van der Waals surface area contributed by atoms with Crippen LogP contribution in [0.15, 0.2) is 41.2 Å². The zero-order chi connectivity index (χ0) is 19.0. The van der Waals surface area contributed by atoms with Crippen LogP contribution in [-0.2, 0) is 9.53 Å². The van der Waals surface area contributed by atoms with Crippen LogP contribution in [0.4, 0.5) is 0 Å². The molecule has 27 heavy (non-hydrogen) atoms. The van der Waals surface area contributed by atoms with E-state index in [2.05, 4.69) is 16.1 Å². The van der Waals surface area contributed by atoms with Gasteiger partial charge < -0.3 is 9.64 Å². The number of hydrogen-bond acceptors (Lipinski definition) is 4. The number of nitrogens with one attached hydrogen (secondary N) is 1. The Labute approximate surface area is 156 Å². The fourth-order valence-electron chi connectivity index (χ4n) is 3.57. The first kappa shape index (κ1) is 17.5. The molecule has 1 aliphatic rings. The highest BCUT2D eigenvalue weighted by atomic mass is 16.5. The number of benzene rings is 1. The number of ether oxygens (including phenoxy) is 1. The van der Waals surface area contributed by atoms with Gasteiger partial charge in [-0.1, -0.05) is 23.8 Å². The number of methoxy groups -OCH3 is 1. The maximum absolute atomic E-state index is 12.6. The fourth-order valence-corrected chi connectivity index (χ4v) is 3.57. The second kappa shape index (κ2) is 7.00. The number of carbonyl (C=O) groups is 1. The van der Waals surface area contributed by atoms with Crippen molar-refractivity contribution in [2.45, 2.75) is 19.3 Å². The summed E-state index contributed by atoms with van der Waals surface area (Å²) in [5, 5.41) is 3.12. The zero-order valence-corrected chi connectivity index (χ0v) is 15.4. The Morgan fingerprint density at radius 3 is 2.89 bits per heavy atom. The van der Waals surface area contributed by atoms with Crippen molar-refractivity contribution in [1.29, 1.82) is 0 Å². The first-order valence-electron chi connectivity index (χ1n) is 9.01. The Morgan fingerprint density at radius 2 is 2.11 bits per heavy atom. The molecular formula is C20H22N4O3. The molecule has 1 aromatic carbocycles. The number of carbonyl (C=O) groups excluding carboxylic acids is 1. The van der Waals surface area contributed by atoms with E-state index < -0.39 is 0 Å². The normalized spacial score (nSPS) is 17.2. The van der Waals surface area contributed by atoms with Crippen LogP contribution in [0.2, 0.25) is 0 Å². The summed E-state index contributed by atoms with van der Waals surface area (Å²) in [6.07, 6.45) is 0.376. The minimum Gasteiger partial charge on any atom is -0.383 e. The lowest BCUT2D eigenvalue weighted by molar-refractivity contribution is -0.128. The Morgan fingerprint density at radius 1 is 1.26 bits per heavy atom. The molecule has 1 unspecified atom stereocenters. The van der Waals surface area contributed by atoms with Crippen LogP contribution in [0.1, 0.15) is 23.6 Å². The Bertz CT molecular complexity index is 1050. The summed E-state index contributed by atoms with van der Waals surface area (Å²) in [5.41, 5.74) is 4.05. The van der Waals surface area contributed by atoms with Gasteiger partial charge in [-0.15, -0.1) is 0 Å². The zero-order valence-electron chi connectivity index (χ0n) is 15.4. The third-order valence-corrected chi connectivity index (χ3v) is 5.00.